The number of esters is 2. The molecule has 9 nitrogen and oxygen atoms in total. The van der Waals surface area contributed by atoms with Crippen LogP contribution < -0.4 is 0 Å². The van der Waals surface area contributed by atoms with E-state index in [4.69, 9.17) is 18.5 Å². The molecule has 71 heavy (non-hydrogen) atoms. The van der Waals surface area contributed by atoms with Crippen LogP contribution >= 0.6 is 7.82 Å². The lowest BCUT2D eigenvalue weighted by atomic mass is 10.1. The quantitative estimate of drug-likeness (QED) is 0.0211. The van der Waals surface area contributed by atoms with Crippen molar-refractivity contribution < 1.29 is 42.1 Å². The van der Waals surface area contributed by atoms with Gasteiger partial charge in [0.2, 0.25) is 0 Å². The molecule has 0 heterocycles. The maximum absolute atomic E-state index is 12.8. The van der Waals surface area contributed by atoms with Gasteiger partial charge in [0.1, 0.15) is 19.8 Å². The third kappa shape index (κ3) is 55.3. The number of likely N-dealkylation sites (N-methyl/N-ethyl adjacent to an activating group) is 1. The van der Waals surface area contributed by atoms with Crippen molar-refractivity contribution in [2.24, 2.45) is 0 Å². The minimum absolute atomic E-state index is 0.0115. The number of rotatable bonds is 48. The Morgan fingerprint density at radius 2 is 0.817 bits per heavy atom. The summed E-state index contributed by atoms with van der Waals surface area (Å²) in [6.07, 6.45) is 73.8. The lowest BCUT2D eigenvalue weighted by molar-refractivity contribution is -0.870. The molecule has 0 aliphatic heterocycles. The first-order chi connectivity index (χ1) is 34.5. The Hall–Kier alpha value is -3.85. The Kier molecular flexibility index (Phi) is 48.3. The fourth-order valence-corrected chi connectivity index (χ4v) is 7.43. The van der Waals surface area contributed by atoms with Gasteiger partial charge in [-0.3, -0.25) is 18.6 Å². The highest BCUT2D eigenvalue weighted by Gasteiger charge is 2.27. The number of nitrogens with zero attached hydrogens (tertiary/aromatic N) is 1. The zero-order valence-corrected chi connectivity index (χ0v) is 46.3. The van der Waals surface area contributed by atoms with Gasteiger partial charge in [-0.15, -0.1) is 0 Å². The summed E-state index contributed by atoms with van der Waals surface area (Å²) in [6, 6.07) is 0. The summed E-state index contributed by atoms with van der Waals surface area (Å²) in [7, 11) is 1.41. The average molecular weight is 1010 g/mol. The zero-order valence-electron chi connectivity index (χ0n) is 45.4. The third-order valence-corrected chi connectivity index (χ3v) is 11.9. The highest BCUT2D eigenvalue weighted by Crippen LogP contribution is 2.43. The van der Waals surface area contributed by atoms with Crippen LogP contribution in [0.2, 0.25) is 0 Å². The van der Waals surface area contributed by atoms with Gasteiger partial charge >= 0.3 is 19.8 Å². The maximum atomic E-state index is 12.8. The molecule has 0 bridgehead atoms. The Bertz CT molecular complexity index is 1660. The van der Waals surface area contributed by atoms with Crippen LogP contribution in [0.3, 0.4) is 0 Å². The second kappa shape index (κ2) is 51.1. The van der Waals surface area contributed by atoms with E-state index in [1.54, 1.807) is 0 Å². The number of hydrogen-bond donors (Lipinski definition) is 1. The van der Waals surface area contributed by atoms with E-state index in [1.165, 1.54) is 51.4 Å². The molecule has 10 heteroatoms. The zero-order chi connectivity index (χ0) is 52.0. The van der Waals surface area contributed by atoms with E-state index in [0.29, 0.717) is 30.3 Å². The molecule has 402 valence electrons. The topological polar surface area (TPSA) is 108 Å². The molecule has 0 fully saturated rings. The van der Waals surface area contributed by atoms with Gasteiger partial charge < -0.3 is 18.9 Å². The standard InChI is InChI=1S/C61H100NO8P/c1-6-8-10-12-14-16-18-20-22-24-26-27-28-29-30-31-32-33-34-35-36-38-40-42-44-46-48-50-52-54-61(64)70-59(58-69-71(65,66)68-56-55-62(3,4)5)57-67-60(63)53-51-49-47-45-43-41-39-37-25-23-21-19-17-15-13-11-9-7-2/h8,10,14,16-17,19-20,22-23,25-27,29-30,32-33,35-36,40,42,46,48,59H,6-7,9,11-13,15,18,21,24,28,31,34,37-39,41,43-45,47,49-58H2,1-5H3/p+1/b10-8-,16-14-,19-17-,22-20-,25-23-,27-26-,30-29-,33-32-,36-35-,42-40-,48-46-. The number of ether oxygens (including phenoxy) is 2. The van der Waals surface area contributed by atoms with Crippen LogP contribution in [0.5, 0.6) is 0 Å². The summed E-state index contributed by atoms with van der Waals surface area (Å²) in [4.78, 5) is 35.6. The van der Waals surface area contributed by atoms with Gasteiger partial charge in [-0.25, -0.2) is 4.57 Å². The molecule has 2 atom stereocenters. The summed E-state index contributed by atoms with van der Waals surface area (Å²) in [5.41, 5.74) is 0. The van der Waals surface area contributed by atoms with Crippen LogP contribution in [-0.2, 0) is 32.7 Å². The maximum Gasteiger partial charge on any atom is 0.472 e. The Labute approximate surface area is 434 Å². The first-order valence-electron chi connectivity index (χ1n) is 27.4. The van der Waals surface area contributed by atoms with Crippen molar-refractivity contribution in [3.63, 3.8) is 0 Å². The molecule has 0 rings (SSSR count). The van der Waals surface area contributed by atoms with E-state index in [-0.39, 0.29) is 26.1 Å². The fourth-order valence-electron chi connectivity index (χ4n) is 6.69. The molecule has 2 unspecified atom stereocenters. The second-order valence-electron chi connectivity index (χ2n) is 18.9. The van der Waals surface area contributed by atoms with Crippen LogP contribution in [0, 0.1) is 0 Å². The highest BCUT2D eigenvalue weighted by atomic mass is 31.2. The van der Waals surface area contributed by atoms with Crippen molar-refractivity contribution in [3.8, 4) is 0 Å². The van der Waals surface area contributed by atoms with Crippen LogP contribution in [0.4, 0.5) is 0 Å². The summed E-state index contributed by atoms with van der Waals surface area (Å²) in [5.74, 6) is -0.888. The molecule has 0 spiro atoms. The van der Waals surface area contributed by atoms with Gasteiger partial charge in [0.25, 0.3) is 0 Å². The molecule has 0 aliphatic rings. The predicted molar refractivity (Wildman–Crippen MR) is 302 cm³/mol. The number of carbonyl (C=O) groups excluding carboxylic acids is 2. The van der Waals surface area contributed by atoms with Crippen molar-refractivity contribution in [1.29, 1.82) is 0 Å². The number of quaternary nitrogens is 1. The molecule has 0 aromatic rings. The van der Waals surface area contributed by atoms with E-state index >= 15 is 0 Å². The summed E-state index contributed by atoms with van der Waals surface area (Å²) in [5, 5.41) is 0. The number of phosphoric acid groups is 1. The molecular weight excluding hydrogens is 906 g/mol. The largest absolute Gasteiger partial charge is 0.472 e. The van der Waals surface area contributed by atoms with Crippen LogP contribution in [0.15, 0.2) is 134 Å². The summed E-state index contributed by atoms with van der Waals surface area (Å²) >= 11 is 0. The molecule has 0 radical (unpaired) electrons. The molecule has 0 aromatic heterocycles. The molecule has 0 amide bonds. The van der Waals surface area contributed by atoms with Gasteiger partial charge in [0.05, 0.1) is 27.7 Å². The Morgan fingerprint density at radius 3 is 1.24 bits per heavy atom. The minimum atomic E-state index is -4.41. The number of unbranched alkanes of at least 4 members (excludes halogenated alkanes) is 12. The van der Waals surface area contributed by atoms with Crippen LogP contribution in [-0.4, -0.2) is 74.9 Å². The Balaban J connectivity index is 4.38. The van der Waals surface area contributed by atoms with E-state index in [0.717, 1.165) is 89.9 Å². The molecule has 0 aliphatic carbocycles. The van der Waals surface area contributed by atoms with Crippen molar-refractivity contribution in [1.82, 2.24) is 0 Å². The number of phosphoric ester groups is 1. The second-order valence-corrected chi connectivity index (χ2v) is 20.3. The molecular formula is C61H101NO8P+. The summed E-state index contributed by atoms with van der Waals surface area (Å²) in [6.45, 7) is 4.20. The lowest BCUT2D eigenvalue weighted by Crippen LogP contribution is -2.37. The van der Waals surface area contributed by atoms with Gasteiger partial charge in [-0.1, -0.05) is 199 Å². The highest BCUT2D eigenvalue weighted by molar-refractivity contribution is 7.47. The van der Waals surface area contributed by atoms with Gasteiger partial charge in [0.15, 0.2) is 6.10 Å². The van der Waals surface area contributed by atoms with Crippen LogP contribution in [0.25, 0.3) is 0 Å². The average Bonchev–Trinajstić information content (AvgIpc) is 3.33. The predicted octanol–water partition coefficient (Wildman–Crippen LogP) is 17.0. The number of hydrogen-bond acceptors (Lipinski definition) is 7. The fraction of sp³-hybridized carbons (Fsp3) is 0.607. The normalized spacial score (nSPS) is 14.4. The van der Waals surface area contributed by atoms with Gasteiger partial charge in [-0.05, 0) is 109 Å². The summed E-state index contributed by atoms with van der Waals surface area (Å²) < 4.78 is 34.4. The van der Waals surface area contributed by atoms with Crippen molar-refractivity contribution >= 4 is 19.8 Å². The number of allylic oxidation sites excluding steroid dienone is 22. The van der Waals surface area contributed by atoms with Gasteiger partial charge in [0, 0.05) is 12.8 Å². The van der Waals surface area contributed by atoms with E-state index in [2.05, 4.69) is 141 Å². The molecule has 0 saturated carbocycles. The molecule has 0 saturated heterocycles. The monoisotopic (exact) mass is 1010 g/mol. The lowest BCUT2D eigenvalue weighted by Gasteiger charge is -2.24. The minimum Gasteiger partial charge on any atom is -0.462 e. The molecule has 0 aromatic carbocycles. The van der Waals surface area contributed by atoms with Crippen molar-refractivity contribution in [3.05, 3.63) is 134 Å². The SMILES string of the molecule is CC/C=C\C/C=C\C/C=C\C/C=C\C/C=C\C/C=C\C/C=C\C/C=C\C/C=C\CCCC(=O)OC(COC(=O)CCCCCCCCC/C=C\C/C=C\CCCCCC)COP(=O)(O)OCC[N+](C)(C)C. The third-order valence-electron chi connectivity index (χ3n) is 10.9. The van der Waals surface area contributed by atoms with Crippen LogP contribution in [0.1, 0.15) is 187 Å². The molecule has 1 N–H and O–H groups in total. The first-order valence-corrected chi connectivity index (χ1v) is 28.9. The van der Waals surface area contributed by atoms with Crippen molar-refractivity contribution in [2.75, 3.05) is 47.5 Å². The van der Waals surface area contributed by atoms with Gasteiger partial charge in [-0.2, -0.15) is 0 Å². The van der Waals surface area contributed by atoms with Crippen molar-refractivity contribution in [2.45, 2.75) is 193 Å². The van der Waals surface area contributed by atoms with E-state index in [1.807, 2.05) is 27.2 Å². The Morgan fingerprint density at radius 1 is 0.451 bits per heavy atom. The number of carbonyl (C=O) groups is 2. The van der Waals surface area contributed by atoms with E-state index < -0.39 is 32.5 Å². The smallest absolute Gasteiger partial charge is 0.462 e. The van der Waals surface area contributed by atoms with E-state index in [9.17, 15) is 19.0 Å². The first kappa shape index (κ1) is 67.1.